The third-order valence-corrected chi connectivity index (χ3v) is 5.28. The van der Waals surface area contributed by atoms with Crippen molar-refractivity contribution in [3.8, 4) is 0 Å². The van der Waals surface area contributed by atoms with E-state index in [-0.39, 0.29) is 24.3 Å². The predicted octanol–water partition coefficient (Wildman–Crippen LogP) is 1.83. The van der Waals surface area contributed by atoms with Crippen LogP contribution in [0.25, 0.3) is 11.0 Å². The van der Waals surface area contributed by atoms with Crippen LogP contribution < -0.4 is 5.32 Å². The molecule has 3 heterocycles. The molecule has 0 radical (unpaired) electrons. The Balaban J connectivity index is 1.50. The van der Waals surface area contributed by atoms with Gasteiger partial charge in [0, 0.05) is 31.7 Å². The molecule has 0 spiro atoms. The number of carbonyl (C=O) groups is 2. The molecule has 2 amide bonds. The van der Waals surface area contributed by atoms with Gasteiger partial charge >= 0.3 is 0 Å². The van der Waals surface area contributed by atoms with Crippen molar-refractivity contribution < 1.29 is 9.59 Å². The first-order valence-corrected chi connectivity index (χ1v) is 9.54. The van der Waals surface area contributed by atoms with E-state index < -0.39 is 0 Å². The summed E-state index contributed by atoms with van der Waals surface area (Å²) < 4.78 is 1.56. The molecule has 0 unspecified atom stereocenters. The molecule has 0 aliphatic carbocycles. The van der Waals surface area contributed by atoms with Crippen LogP contribution in [0.2, 0.25) is 0 Å². The lowest BCUT2D eigenvalue weighted by atomic mass is 9.97. The number of benzene rings is 1. The number of likely N-dealkylation sites (tertiary alicyclic amines) is 1. The number of nitrogens with one attached hydrogen (secondary N) is 2. The van der Waals surface area contributed by atoms with Crippen LogP contribution in [0.5, 0.6) is 0 Å². The lowest BCUT2D eigenvalue weighted by Crippen LogP contribution is -2.39. The van der Waals surface area contributed by atoms with Gasteiger partial charge in [-0.25, -0.2) is 4.98 Å². The smallest absolute Gasteiger partial charge is 0.274 e. The van der Waals surface area contributed by atoms with Crippen LogP contribution in [0.3, 0.4) is 0 Å². The maximum atomic E-state index is 13.0. The molecule has 1 saturated heterocycles. The number of nitrogens with zero attached hydrogens (tertiary/aromatic N) is 4. The predicted molar refractivity (Wildman–Crippen MR) is 105 cm³/mol. The molecule has 1 aliphatic rings. The zero-order valence-corrected chi connectivity index (χ0v) is 16.1. The van der Waals surface area contributed by atoms with Crippen LogP contribution >= 0.6 is 0 Å². The number of para-hydroxylation sites is 2. The topological polar surface area (TPSA) is 95.9 Å². The van der Waals surface area contributed by atoms with Gasteiger partial charge in [-0.05, 0) is 38.0 Å². The number of amides is 2. The number of imidazole rings is 1. The van der Waals surface area contributed by atoms with Gasteiger partial charge < -0.3 is 15.2 Å². The highest BCUT2D eigenvalue weighted by atomic mass is 16.2. The molecule has 1 aliphatic heterocycles. The first kappa shape index (κ1) is 18.2. The number of hydrogen-bond donors (Lipinski definition) is 2. The van der Waals surface area contributed by atoms with Gasteiger partial charge in [0.2, 0.25) is 5.91 Å². The van der Waals surface area contributed by atoms with Gasteiger partial charge in [0.15, 0.2) is 5.69 Å². The van der Waals surface area contributed by atoms with Gasteiger partial charge in [0.25, 0.3) is 5.91 Å². The fraction of sp³-hybridized carbons (Fsp3) is 0.400. The monoisotopic (exact) mass is 380 g/mol. The SMILES string of the molecule is CNC(=O)Cn1nc(C(=O)N2CCC[C@@H](c3nc4ccccc4[nH]3)C2)cc1C. The van der Waals surface area contributed by atoms with Gasteiger partial charge in [-0.1, -0.05) is 12.1 Å². The molecule has 146 valence electrons. The van der Waals surface area contributed by atoms with E-state index in [4.69, 9.17) is 4.98 Å². The first-order chi connectivity index (χ1) is 13.5. The Morgan fingerprint density at radius 1 is 1.32 bits per heavy atom. The largest absolute Gasteiger partial charge is 0.358 e. The van der Waals surface area contributed by atoms with Gasteiger partial charge in [0.05, 0.1) is 11.0 Å². The number of rotatable bonds is 4. The Labute approximate surface area is 162 Å². The molecule has 1 atom stereocenters. The Hall–Kier alpha value is -3.16. The molecule has 1 fully saturated rings. The van der Waals surface area contributed by atoms with Crippen LogP contribution in [-0.2, 0) is 11.3 Å². The quantitative estimate of drug-likeness (QED) is 0.722. The van der Waals surface area contributed by atoms with Crippen LogP contribution in [0.15, 0.2) is 30.3 Å². The number of aromatic amines is 1. The van der Waals surface area contributed by atoms with Crippen LogP contribution in [0.1, 0.15) is 40.8 Å². The van der Waals surface area contributed by atoms with E-state index in [1.807, 2.05) is 36.1 Å². The van der Waals surface area contributed by atoms with E-state index in [1.54, 1.807) is 17.8 Å². The summed E-state index contributed by atoms with van der Waals surface area (Å²) in [5.74, 6) is 0.867. The van der Waals surface area contributed by atoms with Crippen molar-refractivity contribution in [1.29, 1.82) is 0 Å². The molecule has 0 saturated carbocycles. The molecule has 8 nitrogen and oxygen atoms in total. The van der Waals surface area contributed by atoms with Gasteiger partial charge in [-0.3, -0.25) is 14.3 Å². The molecule has 28 heavy (non-hydrogen) atoms. The normalized spacial score (nSPS) is 17.1. The van der Waals surface area contributed by atoms with Crippen LogP contribution in [0.4, 0.5) is 0 Å². The number of carbonyl (C=O) groups excluding carboxylic acids is 2. The molecule has 1 aromatic carbocycles. The molecule has 8 heteroatoms. The molecule has 3 aromatic rings. The summed E-state index contributed by atoms with van der Waals surface area (Å²) in [5.41, 5.74) is 3.14. The lowest BCUT2D eigenvalue weighted by Gasteiger charge is -2.31. The van der Waals surface area contributed by atoms with Crippen molar-refractivity contribution in [3.05, 3.63) is 47.5 Å². The fourth-order valence-electron chi connectivity index (χ4n) is 3.70. The summed E-state index contributed by atoms with van der Waals surface area (Å²) in [4.78, 5) is 34.5. The van der Waals surface area contributed by atoms with E-state index in [0.29, 0.717) is 18.8 Å². The number of piperidine rings is 1. The maximum Gasteiger partial charge on any atom is 0.274 e. The van der Waals surface area contributed by atoms with Crippen molar-refractivity contribution in [2.45, 2.75) is 32.2 Å². The second kappa shape index (κ2) is 7.46. The van der Waals surface area contributed by atoms with Crippen molar-refractivity contribution >= 4 is 22.8 Å². The lowest BCUT2D eigenvalue weighted by molar-refractivity contribution is -0.121. The Morgan fingerprint density at radius 3 is 2.93 bits per heavy atom. The Kier molecular flexibility index (Phi) is 4.85. The zero-order valence-electron chi connectivity index (χ0n) is 16.1. The number of hydrogen-bond acceptors (Lipinski definition) is 4. The molecular weight excluding hydrogens is 356 g/mol. The first-order valence-electron chi connectivity index (χ1n) is 9.54. The maximum absolute atomic E-state index is 13.0. The minimum atomic E-state index is -0.145. The molecule has 0 bridgehead atoms. The van der Waals surface area contributed by atoms with Crippen molar-refractivity contribution in [1.82, 2.24) is 30.0 Å². The summed E-state index contributed by atoms with van der Waals surface area (Å²) >= 11 is 0. The third kappa shape index (κ3) is 3.49. The van der Waals surface area contributed by atoms with E-state index in [9.17, 15) is 9.59 Å². The molecule has 4 rings (SSSR count). The van der Waals surface area contributed by atoms with Crippen LogP contribution in [0, 0.1) is 6.92 Å². The van der Waals surface area contributed by atoms with Crippen molar-refractivity contribution in [3.63, 3.8) is 0 Å². The van der Waals surface area contributed by atoms with E-state index in [2.05, 4.69) is 15.4 Å². The average Bonchev–Trinajstić information content (AvgIpc) is 3.31. The summed E-state index contributed by atoms with van der Waals surface area (Å²) in [7, 11) is 1.58. The summed E-state index contributed by atoms with van der Waals surface area (Å²) in [6.07, 6.45) is 1.92. The Bertz CT molecular complexity index is 988. The minimum Gasteiger partial charge on any atom is -0.358 e. The van der Waals surface area contributed by atoms with Gasteiger partial charge in [0.1, 0.15) is 12.4 Å². The van der Waals surface area contributed by atoms with Crippen molar-refractivity contribution in [2.24, 2.45) is 0 Å². The summed E-state index contributed by atoms with van der Waals surface area (Å²) in [6.45, 7) is 3.27. The van der Waals surface area contributed by atoms with E-state index >= 15 is 0 Å². The fourth-order valence-corrected chi connectivity index (χ4v) is 3.70. The second-order valence-electron chi connectivity index (χ2n) is 7.23. The third-order valence-electron chi connectivity index (χ3n) is 5.28. The summed E-state index contributed by atoms with van der Waals surface area (Å²) in [6, 6.07) is 9.71. The average molecular weight is 380 g/mol. The molecule has 2 aromatic heterocycles. The van der Waals surface area contributed by atoms with Gasteiger partial charge in [-0.2, -0.15) is 5.10 Å². The standard InChI is InChI=1S/C20H24N6O2/c1-13-10-17(24-26(13)12-18(27)21-2)20(28)25-9-5-6-14(11-25)19-22-15-7-3-4-8-16(15)23-19/h3-4,7-8,10,14H,5-6,9,11-12H2,1-2H3,(H,21,27)(H,22,23)/t14-/m1/s1. The van der Waals surface area contributed by atoms with E-state index in [0.717, 1.165) is 35.4 Å². The number of aromatic nitrogens is 4. The highest BCUT2D eigenvalue weighted by Gasteiger charge is 2.28. The minimum absolute atomic E-state index is 0.0976. The number of H-pyrrole nitrogens is 1. The number of likely N-dealkylation sites (N-methyl/N-ethyl adjacent to an activating group) is 1. The highest BCUT2D eigenvalue weighted by molar-refractivity contribution is 5.92. The van der Waals surface area contributed by atoms with Gasteiger partial charge in [-0.15, -0.1) is 0 Å². The highest BCUT2D eigenvalue weighted by Crippen LogP contribution is 2.27. The molecular formula is C20H24N6O2. The van der Waals surface area contributed by atoms with E-state index in [1.165, 1.54) is 0 Å². The van der Waals surface area contributed by atoms with Crippen molar-refractivity contribution in [2.75, 3.05) is 20.1 Å². The van der Waals surface area contributed by atoms with Crippen LogP contribution in [-0.4, -0.2) is 56.6 Å². The second-order valence-corrected chi connectivity index (χ2v) is 7.23. The number of fused-ring (bicyclic) bond motifs is 1. The number of aryl methyl sites for hydroxylation is 1. The summed E-state index contributed by atoms with van der Waals surface area (Å²) in [5, 5.41) is 6.92. The zero-order chi connectivity index (χ0) is 19.7. The molecule has 2 N–H and O–H groups in total. The Morgan fingerprint density at radius 2 is 2.14 bits per heavy atom.